The van der Waals surface area contributed by atoms with E-state index in [4.69, 9.17) is 56.4 Å². The molecule has 7 heterocycles. The number of alkyl halides is 4. The van der Waals surface area contributed by atoms with Crippen molar-refractivity contribution in [3.8, 4) is 56.8 Å². The SMILES string of the molecule is CCC[C@@H](O)COc1ccc(Cl)c(-c2nc(NC3CCN(C)CC3(F)F)c(C)c(-c3c(C)noc3C)n2)c1.Cc1noc(C)c1-c1nc(-c2cc(OC[C@H]3CO3)ccc2Cl)nc(NC2CCN(C)CC2(F)F)c1C. The minimum Gasteiger partial charge on any atom is -0.491 e. The molecular weight excluding hydrogens is 1010 g/mol. The van der Waals surface area contributed by atoms with Crippen LogP contribution in [0.15, 0.2) is 45.4 Å². The minimum atomic E-state index is -2.95. The summed E-state index contributed by atoms with van der Waals surface area (Å²) in [6.45, 7) is 14.4. The molecule has 398 valence electrons. The Morgan fingerprint density at radius 3 is 1.55 bits per heavy atom. The number of anilines is 2. The molecule has 0 amide bonds. The van der Waals surface area contributed by atoms with Crippen LogP contribution in [-0.4, -0.2) is 141 Å². The fraction of sp³-hybridized carbons (Fsp3) is 0.500. The van der Waals surface area contributed by atoms with Crippen LogP contribution in [0.25, 0.3) is 45.3 Å². The average Bonchev–Trinajstić information content (AvgIpc) is 4.04. The Bertz CT molecular complexity index is 2920. The van der Waals surface area contributed by atoms with E-state index in [2.05, 4.69) is 30.9 Å². The summed E-state index contributed by atoms with van der Waals surface area (Å²) in [6.07, 6.45) is 1.50. The van der Waals surface area contributed by atoms with Gasteiger partial charge in [-0.1, -0.05) is 46.9 Å². The maximum Gasteiger partial charge on any atom is 0.280 e. The van der Waals surface area contributed by atoms with E-state index in [1.165, 1.54) is 0 Å². The lowest BCUT2D eigenvalue weighted by atomic mass is 10.00. The predicted octanol–water partition coefficient (Wildman–Crippen LogP) is 10.6. The predicted molar refractivity (Wildman–Crippen MR) is 275 cm³/mol. The molecule has 3 fully saturated rings. The Morgan fingerprint density at radius 2 is 1.16 bits per heavy atom. The number of aliphatic hydroxyl groups excluding tert-OH is 1. The topological polar surface area (TPSA) is 185 Å². The van der Waals surface area contributed by atoms with Crippen LogP contribution in [0.1, 0.15) is 66.6 Å². The summed E-state index contributed by atoms with van der Waals surface area (Å²) in [7, 11) is 3.38. The van der Waals surface area contributed by atoms with Crippen LogP contribution in [0.2, 0.25) is 10.0 Å². The normalized spacial score (nSPS) is 19.9. The number of hydrogen-bond acceptors (Lipinski definition) is 16. The molecule has 2 unspecified atom stereocenters. The van der Waals surface area contributed by atoms with Gasteiger partial charge in [0.2, 0.25) is 0 Å². The molecule has 4 atom stereocenters. The van der Waals surface area contributed by atoms with Gasteiger partial charge in [-0.25, -0.2) is 37.5 Å². The van der Waals surface area contributed by atoms with Crippen LogP contribution in [0.5, 0.6) is 11.5 Å². The molecule has 74 heavy (non-hydrogen) atoms. The minimum absolute atomic E-state index is 0.0953. The van der Waals surface area contributed by atoms with Gasteiger partial charge >= 0.3 is 0 Å². The van der Waals surface area contributed by atoms with Gasteiger partial charge in [0.1, 0.15) is 54.0 Å². The van der Waals surface area contributed by atoms with Gasteiger partial charge in [-0.05, 0) is 111 Å². The molecule has 0 bridgehead atoms. The number of piperidine rings is 2. The molecular formula is C52H62Cl2F4N10O6. The second kappa shape index (κ2) is 22.7. The number of aryl methyl sites for hydroxylation is 4. The lowest BCUT2D eigenvalue weighted by molar-refractivity contribution is -0.0678. The van der Waals surface area contributed by atoms with Gasteiger partial charge < -0.3 is 48.8 Å². The first-order valence-corrected chi connectivity index (χ1v) is 25.3. The van der Waals surface area contributed by atoms with Crippen molar-refractivity contribution >= 4 is 34.8 Å². The molecule has 0 aliphatic carbocycles. The van der Waals surface area contributed by atoms with E-state index >= 15 is 0 Å². The van der Waals surface area contributed by atoms with Gasteiger partial charge in [0.25, 0.3) is 11.8 Å². The Labute approximate surface area is 437 Å². The number of likely N-dealkylation sites (tertiary alicyclic amines) is 2. The second-order valence-electron chi connectivity index (χ2n) is 19.4. The smallest absolute Gasteiger partial charge is 0.280 e. The Balaban J connectivity index is 0.000000197. The highest BCUT2D eigenvalue weighted by atomic mass is 35.5. The zero-order valence-electron chi connectivity index (χ0n) is 42.9. The number of benzene rings is 2. The van der Waals surface area contributed by atoms with Crippen molar-refractivity contribution in [2.45, 2.75) is 110 Å². The quantitative estimate of drug-likeness (QED) is 0.0613. The summed E-state index contributed by atoms with van der Waals surface area (Å²) >= 11 is 13.1. The van der Waals surface area contributed by atoms with Crippen molar-refractivity contribution in [1.82, 2.24) is 40.0 Å². The molecule has 0 saturated carbocycles. The molecule has 22 heteroatoms. The van der Waals surface area contributed by atoms with E-state index in [1.807, 2.05) is 13.8 Å². The van der Waals surface area contributed by atoms with E-state index in [-0.39, 0.29) is 50.3 Å². The molecule has 4 aromatic heterocycles. The average molecular weight is 1070 g/mol. The van der Waals surface area contributed by atoms with Crippen molar-refractivity contribution in [2.24, 2.45) is 0 Å². The van der Waals surface area contributed by atoms with Gasteiger partial charge in [0.05, 0.1) is 81.8 Å². The van der Waals surface area contributed by atoms with E-state index in [9.17, 15) is 22.7 Å². The highest BCUT2D eigenvalue weighted by Gasteiger charge is 2.45. The molecule has 0 spiro atoms. The number of hydrogen-bond donors (Lipinski definition) is 3. The Hall–Kier alpha value is -5.64. The van der Waals surface area contributed by atoms with Gasteiger partial charge in [-0.2, -0.15) is 0 Å². The third-order valence-corrected chi connectivity index (χ3v) is 14.0. The van der Waals surface area contributed by atoms with Crippen LogP contribution in [-0.2, 0) is 4.74 Å². The molecule has 3 saturated heterocycles. The van der Waals surface area contributed by atoms with Gasteiger partial charge in [0, 0.05) is 35.3 Å². The van der Waals surface area contributed by atoms with Crippen molar-refractivity contribution in [1.29, 1.82) is 0 Å². The number of halogens is 6. The van der Waals surface area contributed by atoms with Crippen LogP contribution in [0, 0.1) is 41.5 Å². The van der Waals surface area contributed by atoms with Gasteiger partial charge in [-0.3, -0.25) is 0 Å². The number of ether oxygens (including phenoxy) is 3. The first-order chi connectivity index (χ1) is 35.1. The van der Waals surface area contributed by atoms with Crippen LogP contribution in [0.4, 0.5) is 29.2 Å². The summed E-state index contributed by atoms with van der Waals surface area (Å²) in [5.41, 5.74) is 5.93. The summed E-state index contributed by atoms with van der Waals surface area (Å²) in [5, 5.41) is 25.0. The second-order valence-corrected chi connectivity index (χ2v) is 20.2. The summed E-state index contributed by atoms with van der Waals surface area (Å²) in [5.74, 6) is -2.53. The summed E-state index contributed by atoms with van der Waals surface area (Å²) < 4.78 is 87.3. The molecule has 9 rings (SSSR count). The number of nitrogens with one attached hydrogen (secondary N) is 2. The number of nitrogens with zero attached hydrogens (tertiary/aromatic N) is 8. The maximum absolute atomic E-state index is 15.0. The fourth-order valence-corrected chi connectivity index (χ4v) is 9.49. The van der Waals surface area contributed by atoms with Gasteiger partial charge in [0.15, 0.2) is 11.6 Å². The van der Waals surface area contributed by atoms with Crippen molar-refractivity contribution < 1.29 is 45.9 Å². The van der Waals surface area contributed by atoms with Gasteiger partial charge in [-0.15, -0.1) is 0 Å². The first-order valence-electron chi connectivity index (χ1n) is 24.6. The number of rotatable bonds is 16. The molecule has 3 aliphatic heterocycles. The number of epoxide rings is 1. The fourth-order valence-electron chi connectivity index (χ4n) is 9.08. The molecule has 6 aromatic rings. The number of aromatic nitrogens is 6. The van der Waals surface area contributed by atoms with E-state index in [1.54, 1.807) is 94.9 Å². The molecule has 0 radical (unpaired) electrons. The molecule has 16 nitrogen and oxygen atoms in total. The van der Waals surface area contributed by atoms with E-state index in [0.717, 1.165) is 6.42 Å². The Morgan fingerprint density at radius 1 is 0.716 bits per heavy atom. The monoisotopic (exact) mass is 1070 g/mol. The molecule has 3 N–H and O–H groups in total. The van der Waals surface area contributed by atoms with Crippen LogP contribution < -0.4 is 20.1 Å². The van der Waals surface area contributed by atoms with Crippen molar-refractivity contribution in [3.05, 3.63) is 80.5 Å². The van der Waals surface area contributed by atoms with Crippen molar-refractivity contribution in [2.75, 3.05) is 70.7 Å². The zero-order chi connectivity index (χ0) is 53.2. The number of aliphatic hydroxyl groups is 1. The molecule has 3 aliphatic rings. The lowest BCUT2D eigenvalue weighted by Crippen LogP contribution is -2.53. The Kier molecular flexibility index (Phi) is 16.7. The zero-order valence-corrected chi connectivity index (χ0v) is 44.4. The largest absolute Gasteiger partial charge is 0.491 e. The van der Waals surface area contributed by atoms with Crippen LogP contribution in [0.3, 0.4) is 0 Å². The maximum atomic E-state index is 15.0. The third kappa shape index (κ3) is 12.5. The highest BCUT2D eigenvalue weighted by molar-refractivity contribution is 6.33. The lowest BCUT2D eigenvalue weighted by Gasteiger charge is -2.37. The standard InChI is InChI=1S/C27H34ClF2N5O3.C25H28ClF2N5O3/c1-6-7-18(36)13-37-19-8-9-21(28)20(12-19)26-32-24(23-16(3)34-38-17(23)4)15(2)25(33-26)31-22-10-11-35(5)14-27(22,29)30;1-13-22(21-14(2)32-36-15(21)3)30-24(18-9-16(5-6-19(18)26)34-10-17-11-35-17)31-23(13)29-20-7-8-33(4)12-25(20,27)28/h8-9,12,18,22,36H,6-7,10-11,13-14H2,1-5H3,(H,31,32,33);5-6,9,17,20H,7-8,10-12H2,1-4H3,(H,29,30,31)/t18-,22?;17-,20?/m10/s1. The summed E-state index contributed by atoms with van der Waals surface area (Å²) in [4.78, 5) is 22.2. The first kappa shape index (κ1) is 54.6. The van der Waals surface area contributed by atoms with E-state index < -0.39 is 30.0 Å². The van der Waals surface area contributed by atoms with E-state index in [0.29, 0.717) is 134 Å². The van der Waals surface area contributed by atoms with Crippen molar-refractivity contribution in [3.63, 3.8) is 0 Å². The molecule has 2 aromatic carbocycles. The third-order valence-electron chi connectivity index (χ3n) is 13.3. The summed E-state index contributed by atoms with van der Waals surface area (Å²) in [6, 6.07) is 8.10. The highest BCUT2D eigenvalue weighted by Crippen LogP contribution is 2.40. The van der Waals surface area contributed by atoms with Crippen LogP contribution >= 0.6 is 23.2 Å².